The molecule has 0 spiro atoms. The van der Waals surface area contributed by atoms with Crippen molar-refractivity contribution in [3.05, 3.63) is 75.7 Å². The Labute approximate surface area is 186 Å². The summed E-state index contributed by atoms with van der Waals surface area (Å²) in [6, 6.07) is 14.0. The summed E-state index contributed by atoms with van der Waals surface area (Å²) >= 11 is 1.48. The predicted molar refractivity (Wildman–Crippen MR) is 118 cm³/mol. The van der Waals surface area contributed by atoms with Crippen molar-refractivity contribution >= 4 is 28.4 Å². The zero-order chi connectivity index (χ0) is 22.2. The highest BCUT2D eigenvalue weighted by Gasteiger charge is 2.28. The maximum atomic E-state index is 10.9. The number of fused-ring (bicyclic) bond motifs is 2. The van der Waals surface area contributed by atoms with Gasteiger partial charge in [0.05, 0.1) is 17.5 Å². The Kier molecular flexibility index (Phi) is 5.02. The van der Waals surface area contributed by atoms with Crippen molar-refractivity contribution in [2.75, 3.05) is 12.5 Å². The lowest BCUT2D eigenvalue weighted by molar-refractivity contribution is -0.384. The second kappa shape index (κ2) is 8.00. The molecule has 0 saturated heterocycles. The number of methoxy groups -OCH3 is 1. The molecule has 3 heterocycles. The van der Waals surface area contributed by atoms with Crippen molar-refractivity contribution in [2.45, 2.75) is 24.1 Å². The Balaban J connectivity index is 1.35. The van der Waals surface area contributed by atoms with Crippen LogP contribution in [0.1, 0.15) is 22.5 Å². The van der Waals surface area contributed by atoms with Gasteiger partial charge in [0.25, 0.3) is 5.69 Å². The predicted octanol–water partition coefficient (Wildman–Crippen LogP) is 3.98. The minimum absolute atomic E-state index is 0.0572. The molecule has 162 valence electrons. The SMILES string of the molecule is COc1ccc2nc(C)cc(OCc3nnc4n3NC(c3ccc([N+](=O)[O-])cc3)S4)c2c1. The van der Waals surface area contributed by atoms with Gasteiger partial charge in [-0.1, -0.05) is 11.8 Å². The highest BCUT2D eigenvalue weighted by Crippen LogP contribution is 2.39. The number of thioether (sulfide) groups is 1. The third kappa shape index (κ3) is 3.66. The molecule has 11 heteroatoms. The number of hydrogen-bond acceptors (Lipinski definition) is 9. The molecule has 1 aliphatic rings. The molecule has 0 saturated carbocycles. The number of nitro groups is 1. The quantitative estimate of drug-likeness (QED) is 0.344. The monoisotopic (exact) mass is 450 g/mol. The number of pyridine rings is 1. The number of ether oxygens (including phenoxy) is 2. The van der Waals surface area contributed by atoms with Crippen molar-refractivity contribution in [1.29, 1.82) is 0 Å². The fraction of sp³-hybridized carbons (Fsp3) is 0.190. The zero-order valence-electron chi connectivity index (χ0n) is 17.2. The summed E-state index contributed by atoms with van der Waals surface area (Å²) in [7, 11) is 1.62. The number of aryl methyl sites for hydroxylation is 1. The molecule has 1 N–H and O–H groups in total. The lowest BCUT2D eigenvalue weighted by atomic mass is 10.1. The van der Waals surface area contributed by atoms with Gasteiger partial charge in [-0.3, -0.25) is 15.1 Å². The van der Waals surface area contributed by atoms with Crippen molar-refractivity contribution < 1.29 is 14.4 Å². The molecule has 0 amide bonds. The lowest BCUT2D eigenvalue weighted by Crippen LogP contribution is -2.17. The Bertz CT molecular complexity index is 1320. The summed E-state index contributed by atoms with van der Waals surface area (Å²) in [4.78, 5) is 15.0. The van der Waals surface area contributed by atoms with E-state index in [4.69, 9.17) is 9.47 Å². The van der Waals surface area contributed by atoms with E-state index >= 15 is 0 Å². The minimum atomic E-state index is -0.413. The van der Waals surface area contributed by atoms with Crippen LogP contribution < -0.4 is 14.9 Å². The largest absolute Gasteiger partial charge is 0.497 e. The van der Waals surface area contributed by atoms with Gasteiger partial charge in [0.1, 0.15) is 23.5 Å². The third-order valence-electron chi connectivity index (χ3n) is 5.04. The molecule has 0 bridgehead atoms. The minimum Gasteiger partial charge on any atom is -0.497 e. The highest BCUT2D eigenvalue weighted by molar-refractivity contribution is 7.99. The maximum Gasteiger partial charge on any atom is 0.269 e. The van der Waals surface area contributed by atoms with Crippen LogP contribution >= 0.6 is 11.8 Å². The number of nitrogens with one attached hydrogen (secondary N) is 1. The van der Waals surface area contributed by atoms with E-state index in [0.29, 0.717) is 16.7 Å². The number of aromatic nitrogens is 4. The summed E-state index contributed by atoms with van der Waals surface area (Å²) in [5.74, 6) is 2.02. The fourth-order valence-electron chi connectivity index (χ4n) is 3.45. The molecule has 1 atom stereocenters. The Hall–Kier alpha value is -3.86. The van der Waals surface area contributed by atoms with Crippen LogP contribution in [0.3, 0.4) is 0 Å². The topological polar surface area (TPSA) is 117 Å². The van der Waals surface area contributed by atoms with E-state index in [0.717, 1.165) is 27.9 Å². The van der Waals surface area contributed by atoms with Crippen molar-refractivity contribution in [3.63, 3.8) is 0 Å². The number of benzene rings is 2. The molecule has 0 radical (unpaired) electrons. The summed E-state index contributed by atoms with van der Waals surface area (Å²) in [6.45, 7) is 2.11. The first-order chi connectivity index (χ1) is 15.5. The van der Waals surface area contributed by atoms with Crippen LogP contribution in [0, 0.1) is 17.0 Å². The molecule has 0 fully saturated rings. The van der Waals surface area contributed by atoms with E-state index in [9.17, 15) is 10.1 Å². The Morgan fingerprint density at radius 1 is 1.19 bits per heavy atom. The van der Waals surface area contributed by atoms with Gasteiger partial charge in [-0.2, -0.15) is 0 Å². The van der Waals surface area contributed by atoms with Gasteiger partial charge in [0, 0.05) is 29.3 Å². The van der Waals surface area contributed by atoms with Crippen LogP contribution in [0.15, 0.2) is 53.7 Å². The summed E-state index contributed by atoms with van der Waals surface area (Å²) in [5, 5.41) is 20.8. The van der Waals surface area contributed by atoms with E-state index in [-0.39, 0.29) is 17.7 Å². The van der Waals surface area contributed by atoms with Crippen molar-refractivity contribution in [3.8, 4) is 11.5 Å². The van der Waals surface area contributed by atoms with E-state index in [1.54, 1.807) is 23.9 Å². The summed E-state index contributed by atoms with van der Waals surface area (Å²) in [6.07, 6.45) is 0. The van der Waals surface area contributed by atoms with Crippen molar-refractivity contribution in [2.24, 2.45) is 0 Å². The smallest absolute Gasteiger partial charge is 0.269 e. The molecule has 1 unspecified atom stereocenters. The van der Waals surface area contributed by atoms with Gasteiger partial charge in [0.2, 0.25) is 5.16 Å². The normalized spacial score (nSPS) is 14.8. The summed E-state index contributed by atoms with van der Waals surface area (Å²) in [5.41, 5.74) is 5.95. The highest BCUT2D eigenvalue weighted by atomic mass is 32.2. The average Bonchev–Trinajstić information content (AvgIpc) is 3.38. The number of rotatable bonds is 6. The molecule has 32 heavy (non-hydrogen) atoms. The van der Waals surface area contributed by atoms with Gasteiger partial charge in [-0.05, 0) is 42.8 Å². The standard InChI is InChI=1S/C21H18N6O4S/c1-12-9-18(16-10-15(30-2)7-8-17(16)22-12)31-11-19-23-24-21-26(19)25-20(32-21)13-3-5-14(6-4-13)27(28)29/h3-10,20,25H,11H2,1-2H3. The average molecular weight is 450 g/mol. The molecule has 1 aliphatic heterocycles. The number of nitro benzene ring substituents is 1. The van der Waals surface area contributed by atoms with Gasteiger partial charge >= 0.3 is 0 Å². The molecule has 5 rings (SSSR count). The number of non-ortho nitro benzene ring substituents is 1. The molecular formula is C21H18N6O4S. The van der Waals surface area contributed by atoms with Crippen LogP contribution in [0.25, 0.3) is 10.9 Å². The summed E-state index contributed by atoms with van der Waals surface area (Å²) < 4.78 is 13.2. The van der Waals surface area contributed by atoms with E-state index in [1.807, 2.05) is 31.2 Å². The molecule has 0 aliphatic carbocycles. The van der Waals surface area contributed by atoms with Crippen LogP contribution in [0.2, 0.25) is 0 Å². The number of hydrogen-bond donors (Lipinski definition) is 1. The first kappa shape index (κ1) is 20.1. The van der Waals surface area contributed by atoms with Crippen LogP contribution in [-0.2, 0) is 6.61 Å². The Morgan fingerprint density at radius 3 is 2.75 bits per heavy atom. The lowest BCUT2D eigenvalue weighted by Gasteiger charge is -2.13. The van der Waals surface area contributed by atoms with Crippen LogP contribution in [0.5, 0.6) is 11.5 Å². The molecule has 4 aromatic rings. The zero-order valence-corrected chi connectivity index (χ0v) is 18.0. The van der Waals surface area contributed by atoms with Gasteiger partial charge < -0.3 is 14.9 Å². The maximum absolute atomic E-state index is 10.9. The number of nitrogens with zero attached hydrogens (tertiary/aromatic N) is 5. The first-order valence-electron chi connectivity index (χ1n) is 9.72. The van der Waals surface area contributed by atoms with Crippen LogP contribution in [-0.4, -0.2) is 31.9 Å². The molecule has 10 nitrogen and oxygen atoms in total. The molecule has 2 aromatic heterocycles. The second-order valence-electron chi connectivity index (χ2n) is 7.14. The first-order valence-corrected chi connectivity index (χ1v) is 10.6. The van der Waals surface area contributed by atoms with Gasteiger partial charge in [-0.15, -0.1) is 10.2 Å². The van der Waals surface area contributed by atoms with Crippen LogP contribution in [0.4, 0.5) is 5.69 Å². The van der Waals surface area contributed by atoms with Gasteiger partial charge in [0.15, 0.2) is 5.82 Å². The van der Waals surface area contributed by atoms with E-state index in [1.165, 1.54) is 23.9 Å². The molecular weight excluding hydrogens is 432 g/mol. The Morgan fingerprint density at radius 2 is 2.00 bits per heavy atom. The second-order valence-corrected chi connectivity index (χ2v) is 8.22. The molecule has 2 aromatic carbocycles. The van der Waals surface area contributed by atoms with Crippen molar-refractivity contribution in [1.82, 2.24) is 19.9 Å². The van der Waals surface area contributed by atoms with E-state index in [2.05, 4.69) is 20.6 Å². The van der Waals surface area contributed by atoms with Gasteiger partial charge in [-0.25, -0.2) is 4.68 Å². The fourth-order valence-corrected chi connectivity index (χ4v) is 4.46. The third-order valence-corrected chi connectivity index (χ3v) is 6.13. The van der Waals surface area contributed by atoms with E-state index < -0.39 is 4.92 Å².